The van der Waals surface area contributed by atoms with Crippen LogP contribution >= 0.6 is 0 Å². The standard InChI is InChI=1S/C20H31N3O/c1-2-3-10-18(17-9-8-13-21-16-17)22-19(24)20(11-4-5-12-20)23-14-6-7-15-23/h8-9,13,16,18H,2-7,10-12,14-15H2,1H3,(H,22,24)/t18-/m1/s1. The Hall–Kier alpha value is -1.42. The van der Waals surface area contributed by atoms with Crippen molar-refractivity contribution in [2.75, 3.05) is 13.1 Å². The molecule has 2 fully saturated rings. The van der Waals surface area contributed by atoms with E-state index in [1.54, 1.807) is 6.20 Å². The molecule has 1 aromatic heterocycles. The second-order valence-corrected chi connectivity index (χ2v) is 7.39. The fourth-order valence-corrected chi connectivity index (χ4v) is 4.40. The van der Waals surface area contributed by atoms with Crippen LogP contribution in [-0.4, -0.2) is 34.4 Å². The Morgan fingerprint density at radius 3 is 2.67 bits per heavy atom. The van der Waals surface area contributed by atoms with Crippen LogP contribution in [0.5, 0.6) is 0 Å². The molecule has 1 atom stereocenters. The zero-order valence-electron chi connectivity index (χ0n) is 15.0. The molecule has 24 heavy (non-hydrogen) atoms. The highest BCUT2D eigenvalue weighted by atomic mass is 16.2. The largest absolute Gasteiger partial charge is 0.348 e. The number of likely N-dealkylation sites (tertiary alicyclic amines) is 1. The van der Waals surface area contributed by atoms with Crippen molar-refractivity contribution in [3.63, 3.8) is 0 Å². The Balaban J connectivity index is 1.76. The molecular formula is C20H31N3O. The maximum atomic E-state index is 13.3. The third-order valence-electron chi connectivity index (χ3n) is 5.80. The highest BCUT2D eigenvalue weighted by molar-refractivity contribution is 5.87. The van der Waals surface area contributed by atoms with Gasteiger partial charge in [-0.05, 0) is 56.8 Å². The van der Waals surface area contributed by atoms with Crippen molar-refractivity contribution >= 4 is 5.91 Å². The van der Waals surface area contributed by atoms with E-state index in [-0.39, 0.29) is 17.5 Å². The van der Waals surface area contributed by atoms with Gasteiger partial charge in [-0.2, -0.15) is 0 Å². The summed E-state index contributed by atoms with van der Waals surface area (Å²) in [5, 5.41) is 3.41. The van der Waals surface area contributed by atoms with Crippen molar-refractivity contribution in [2.24, 2.45) is 0 Å². The lowest BCUT2D eigenvalue weighted by Gasteiger charge is -2.38. The molecule has 0 radical (unpaired) electrons. The molecule has 1 aromatic rings. The van der Waals surface area contributed by atoms with E-state index in [1.165, 1.54) is 25.7 Å². The van der Waals surface area contributed by atoms with Crippen LogP contribution in [0.4, 0.5) is 0 Å². The minimum Gasteiger partial charge on any atom is -0.348 e. The van der Waals surface area contributed by atoms with Gasteiger partial charge in [-0.1, -0.05) is 38.7 Å². The summed E-state index contributed by atoms with van der Waals surface area (Å²) in [5.74, 6) is 0.256. The molecule has 4 nitrogen and oxygen atoms in total. The maximum absolute atomic E-state index is 13.3. The zero-order valence-corrected chi connectivity index (χ0v) is 15.0. The Kier molecular flexibility index (Phi) is 5.88. The zero-order chi connectivity index (χ0) is 16.8. The number of amides is 1. The van der Waals surface area contributed by atoms with E-state index >= 15 is 0 Å². The van der Waals surface area contributed by atoms with Gasteiger partial charge in [-0.25, -0.2) is 0 Å². The number of nitrogens with zero attached hydrogens (tertiary/aromatic N) is 2. The number of carbonyl (C=O) groups is 1. The molecular weight excluding hydrogens is 298 g/mol. The second-order valence-electron chi connectivity index (χ2n) is 7.39. The molecule has 1 aliphatic carbocycles. The van der Waals surface area contributed by atoms with Crippen molar-refractivity contribution < 1.29 is 4.79 Å². The van der Waals surface area contributed by atoms with E-state index < -0.39 is 0 Å². The van der Waals surface area contributed by atoms with Crippen LogP contribution in [0.15, 0.2) is 24.5 Å². The number of hydrogen-bond donors (Lipinski definition) is 1. The SMILES string of the molecule is CCCC[C@@H](NC(=O)C1(N2CCCC2)CCCC1)c1cccnc1. The molecule has 0 unspecified atom stereocenters. The van der Waals surface area contributed by atoms with Crippen LogP contribution in [0.25, 0.3) is 0 Å². The molecule has 0 spiro atoms. The summed E-state index contributed by atoms with van der Waals surface area (Å²) < 4.78 is 0. The van der Waals surface area contributed by atoms with Crippen molar-refractivity contribution in [1.82, 2.24) is 15.2 Å². The van der Waals surface area contributed by atoms with Gasteiger partial charge in [0.05, 0.1) is 6.04 Å². The van der Waals surface area contributed by atoms with E-state index in [0.29, 0.717) is 0 Å². The first-order valence-electron chi connectivity index (χ1n) is 9.72. The normalized spacial score (nSPS) is 21.7. The maximum Gasteiger partial charge on any atom is 0.241 e. The molecule has 2 heterocycles. The average Bonchev–Trinajstić information content (AvgIpc) is 3.31. The van der Waals surface area contributed by atoms with E-state index in [2.05, 4.69) is 28.2 Å². The first-order chi connectivity index (χ1) is 11.8. The molecule has 1 aliphatic heterocycles. The van der Waals surface area contributed by atoms with Crippen LogP contribution in [0.2, 0.25) is 0 Å². The summed E-state index contributed by atoms with van der Waals surface area (Å²) in [6.07, 6.45) is 13.8. The van der Waals surface area contributed by atoms with Gasteiger partial charge < -0.3 is 5.32 Å². The Morgan fingerprint density at radius 1 is 1.29 bits per heavy atom. The fraction of sp³-hybridized carbons (Fsp3) is 0.700. The lowest BCUT2D eigenvalue weighted by molar-refractivity contribution is -0.133. The summed E-state index contributed by atoms with van der Waals surface area (Å²) in [4.78, 5) is 20.0. The lowest BCUT2D eigenvalue weighted by Crippen LogP contribution is -2.56. The molecule has 3 rings (SSSR count). The molecule has 2 aliphatic rings. The summed E-state index contributed by atoms with van der Waals surface area (Å²) in [6.45, 7) is 4.37. The second kappa shape index (κ2) is 8.11. The number of pyridine rings is 1. The highest BCUT2D eigenvalue weighted by Crippen LogP contribution is 2.38. The molecule has 1 saturated carbocycles. The summed E-state index contributed by atoms with van der Waals surface area (Å²) in [6, 6.07) is 4.14. The van der Waals surface area contributed by atoms with Crippen LogP contribution < -0.4 is 5.32 Å². The minimum atomic E-state index is -0.247. The lowest BCUT2D eigenvalue weighted by atomic mass is 9.92. The monoisotopic (exact) mass is 329 g/mol. The van der Waals surface area contributed by atoms with Crippen LogP contribution in [-0.2, 0) is 4.79 Å². The number of carbonyl (C=O) groups excluding carboxylic acids is 1. The molecule has 0 aromatic carbocycles. The topological polar surface area (TPSA) is 45.2 Å². The average molecular weight is 329 g/mol. The van der Waals surface area contributed by atoms with Crippen LogP contribution in [0.3, 0.4) is 0 Å². The third-order valence-corrected chi connectivity index (χ3v) is 5.80. The van der Waals surface area contributed by atoms with Crippen molar-refractivity contribution in [1.29, 1.82) is 0 Å². The Bertz CT molecular complexity index is 519. The summed E-state index contributed by atoms with van der Waals surface area (Å²) in [7, 11) is 0. The van der Waals surface area contributed by atoms with Crippen molar-refractivity contribution in [3.8, 4) is 0 Å². The van der Waals surface area contributed by atoms with Gasteiger partial charge in [0.2, 0.25) is 5.91 Å². The molecule has 1 N–H and O–H groups in total. The highest BCUT2D eigenvalue weighted by Gasteiger charge is 2.47. The van der Waals surface area contributed by atoms with Gasteiger partial charge in [-0.3, -0.25) is 14.7 Å². The quantitative estimate of drug-likeness (QED) is 0.827. The van der Waals surface area contributed by atoms with Gasteiger partial charge in [0.1, 0.15) is 5.54 Å². The van der Waals surface area contributed by atoms with Crippen molar-refractivity contribution in [3.05, 3.63) is 30.1 Å². The van der Waals surface area contributed by atoms with Crippen LogP contribution in [0.1, 0.15) is 76.3 Å². The fourth-order valence-electron chi connectivity index (χ4n) is 4.40. The molecule has 132 valence electrons. The first-order valence-corrected chi connectivity index (χ1v) is 9.72. The number of rotatable bonds is 7. The minimum absolute atomic E-state index is 0.0891. The predicted octanol–water partition coefficient (Wildman–Crippen LogP) is 3.84. The van der Waals surface area contributed by atoms with Gasteiger partial charge in [0.15, 0.2) is 0 Å². The molecule has 1 amide bonds. The number of aromatic nitrogens is 1. The third kappa shape index (κ3) is 3.64. The van der Waals surface area contributed by atoms with E-state index in [1.807, 2.05) is 12.3 Å². The number of nitrogens with one attached hydrogen (secondary N) is 1. The molecule has 0 bridgehead atoms. The molecule has 4 heteroatoms. The van der Waals surface area contributed by atoms with E-state index in [4.69, 9.17) is 0 Å². The number of unbranched alkanes of at least 4 members (excludes halogenated alkanes) is 1. The van der Waals surface area contributed by atoms with Crippen LogP contribution in [0, 0.1) is 0 Å². The van der Waals surface area contributed by atoms with Gasteiger partial charge >= 0.3 is 0 Å². The number of hydrogen-bond acceptors (Lipinski definition) is 3. The van der Waals surface area contributed by atoms with E-state index in [0.717, 1.165) is 50.8 Å². The summed E-state index contributed by atoms with van der Waals surface area (Å²) >= 11 is 0. The predicted molar refractivity (Wildman–Crippen MR) is 96.7 cm³/mol. The van der Waals surface area contributed by atoms with Crippen molar-refractivity contribution in [2.45, 2.75) is 76.3 Å². The van der Waals surface area contributed by atoms with Gasteiger partial charge in [-0.15, -0.1) is 0 Å². The summed E-state index contributed by atoms with van der Waals surface area (Å²) in [5.41, 5.74) is 0.886. The Labute approximate surface area is 146 Å². The Morgan fingerprint density at radius 2 is 2.04 bits per heavy atom. The van der Waals surface area contributed by atoms with E-state index in [9.17, 15) is 4.79 Å². The first kappa shape index (κ1) is 17.4. The molecule has 1 saturated heterocycles. The smallest absolute Gasteiger partial charge is 0.241 e. The van der Waals surface area contributed by atoms with Gasteiger partial charge in [0.25, 0.3) is 0 Å². The van der Waals surface area contributed by atoms with Gasteiger partial charge in [0, 0.05) is 12.4 Å².